The first-order valence-electron chi connectivity index (χ1n) is 6.09. The molecule has 1 N–H and O–H groups in total. The molecule has 1 aliphatic carbocycles. The van der Waals surface area contributed by atoms with Gasteiger partial charge in [0.15, 0.2) is 0 Å². The van der Waals surface area contributed by atoms with Gasteiger partial charge in [0.2, 0.25) is 0 Å². The fourth-order valence-corrected chi connectivity index (χ4v) is 2.59. The molecule has 0 heterocycles. The summed E-state index contributed by atoms with van der Waals surface area (Å²) >= 11 is 0. The zero-order valence-corrected chi connectivity index (χ0v) is 10.2. The maximum Gasteiger partial charge on any atom is 0.0824 e. The van der Waals surface area contributed by atoms with Crippen LogP contribution in [0, 0.1) is 5.92 Å². The van der Waals surface area contributed by atoms with Gasteiger partial charge in [-0.25, -0.2) is 0 Å². The van der Waals surface area contributed by atoms with Gasteiger partial charge in [-0.1, -0.05) is 24.3 Å². The molecule has 88 valence electrons. The van der Waals surface area contributed by atoms with Crippen LogP contribution in [0.4, 0.5) is 0 Å². The molecule has 1 aliphatic rings. The monoisotopic (exact) mass is 219 g/mol. The third-order valence-electron chi connectivity index (χ3n) is 3.48. The van der Waals surface area contributed by atoms with Gasteiger partial charge >= 0.3 is 0 Å². The average Bonchev–Trinajstić information content (AvgIpc) is 2.56. The van der Waals surface area contributed by atoms with Crippen molar-refractivity contribution in [3.05, 3.63) is 35.4 Å². The van der Waals surface area contributed by atoms with Crippen molar-refractivity contribution in [1.82, 2.24) is 4.90 Å². The van der Waals surface area contributed by atoms with E-state index in [1.54, 1.807) is 0 Å². The largest absolute Gasteiger partial charge is 0.388 e. The Morgan fingerprint density at radius 2 is 2.06 bits per heavy atom. The normalized spacial score (nSPS) is 23.8. The molecule has 16 heavy (non-hydrogen) atoms. The third kappa shape index (κ3) is 2.45. The third-order valence-corrected chi connectivity index (χ3v) is 3.48. The van der Waals surface area contributed by atoms with E-state index in [1.807, 2.05) is 6.07 Å². The van der Waals surface area contributed by atoms with E-state index in [9.17, 15) is 5.11 Å². The summed E-state index contributed by atoms with van der Waals surface area (Å²) in [5, 5.41) is 10.2. The molecule has 0 aromatic heterocycles. The quantitative estimate of drug-likeness (QED) is 0.839. The van der Waals surface area contributed by atoms with Crippen LogP contribution in [0.3, 0.4) is 0 Å². The van der Waals surface area contributed by atoms with Crippen LogP contribution < -0.4 is 0 Å². The molecule has 0 spiro atoms. The standard InChI is InChI=1S/C14H21NO/c1-15(2)9-5-7-12-10-11-6-3-4-8-13(11)14(12)16/h3-4,6,8,12,14,16H,5,7,9-10H2,1-2H3. The van der Waals surface area contributed by atoms with E-state index in [1.165, 1.54) is 12.0 Å². The van der Waals surface area contributed by atoms with E-state index < -0.39 is 0 Å². The minimum atomic E-state index is -0.238. The van der Waals surface area contributed by atoms with E-state index in [0.29, 0.717) is 5.92 Å². The minimum Gasteiger partial charge on any atom is -0.388 e. The minimum absolute atomic E-state index is 0.238. The molecule has 0 radical (unpaired) electrons. The van der Waals surface area contributed by atoms with Crippen molar-refractivity contribution in [2.75, 3.05) is 20.6 Å². The summed E-state index contributed by atoms with van der Waals surface area (Å²) in [5.41, 5.74) is 2.49. The summed E-state index contributed by atoms with van der Waals surface area (Å²) in [5.74, 6) is 0.428. The second-order valence-electron chi connectivity index (χ2n) is 5.05. The first kappa shape index (κ1) is 11.6. The lowest BCUT2D eigenvalue weighted by Crippen LogP contribution is -2.15. The van der Waals surface area contributed by atoms with Crippen LogP contribution in [0.1, 0.15) is 30.1 Å². The van der Waals surface area contributed by atoms with Gasteiger partial charge in [-0.15, -0.1) is 0 Å². The number of hydrogen-bond acceptors (Lipinski definition) is 2. The molecule has 0 bridgehead atoms. The number of aliphatic hydroxyl groups excluding tert-OH is 1. The van der Waals surface area contributed by atoms with Crippen LogP contribution in [0.5, 0.6) is 0 Å². The number of nitrogens with zero attached hydrogens (tertiary/aromatic N) is 1. The number of hydrogen-bond donors (Lipinski definition) is 1. The summed E-state index contributed by atoms with van der Waals surface area (Å²) in [6.45, 7) is 1.11. The smallest absolute Gasteiger partial charge is 0.0824 e. The van der Waals surface area contributed by atoms with Crippen LogP contribution >= 0.6 is 0 Å². The number of benzene rings is 1. The Kier molecular flexibility index (Phi) is 3.62. The molecule has 2 unspecified atom stereocenters. The lowest BCUT2D eigenvalue weighted by molar-refractivity contribution is 0.115. The van der Waals surface area contributed by atoms with E-state index >= 15 is 0 Å². The molecule has 0 aliphatic heterocycles. The molecule has 0 saturated carbocycles. The number of aliphatic hydroxyl groups is 1. The highest BCUT2D eigenvalue weighted by Gasteiger charge is 2.29. The number of rotatable bonds is 4. The fourth-order valence-electron chi connectivity index (χ4n) is 2.59. The van der Waals surface area contributed by atoms with Crippen LogP contribution in [0.25, 0.3) is 0 Å². The van der Waals surface area contributed by atoms with Crippen molar-refractivity contribution in [2.24, 2.45) is 5.92 Å². The topological polar surface area (TPSA) is 23.5 Å². The van der Waals surface area contributed by atoms with Crippen molar-refractivity contribution in [3.8, 4) is 0 Å². The number of fused-ring (bicyclic) bond motifs is 1. The van der Waals surface area contributed by atoms with Crippen LogP contribution in [-0.4, -0.2) is 30.6 Å². The Morgan fingerprint density at radius 3 is 2.75 bits per heavy atom. The molecular formula is C14H21NO. The van der Waals surface area contributed by atoms with Crippen molar-refractivity contribution in [1.29, 1.82) is 0 Å². The molecule has 2 heteroatoms. The molecule has 0 fully saturated rings. The van der Waals surface area contributed by atoms with Gasteiger partial charge in [0, 0.05) is 0 Å². The fraction of sp³-hybridized carbons (Fsp3) is 0.571. The van der Waals surface area contributed by atoms with Gasteiger partial charge in [0.05, 0.1) is 6.10 Å². The summed E-state index contributed by atoms with van der Waals surface area (Å²) in [4.78, 5) is 2.20. The van der Waals surface area contributed by atoms with Gasteiger partial charge in [-0.2, -0.15) is 0 Å². The summed E-state index contributed by atoms with van der Waals surface area (Å²) < 4.78 is 0. The second kappa shape index (κ2) is 4.98. The predicted octanol–water partition coefficient (Wildman–Crippen LogP) is 2.23. The first-order valence-corrected chi connectivity index (χ1v) is 6.09. The lowest BCUT2D eigenvalue weighted by Gasteiger charge is -2.16. The molecule has 1 aromatic rings. The zero-order chi connectivity index (χ0) is 11.5. The van der Waals surface area contributed by atoms with Crippen LogP contribution in [-0.2, 0) is 6.42 Å². The van der Waals surface area contributed by atoms with E-state index in [2.05, 4.69) is 37.2 Å². The van der Waals surface area contributed by atoms with Crippen molar-refractivity contribution >= 4 is 0 Å². The lowest BCUT2D eigenvalue weighted by atomic mass is 9.97. The highest BCUT2D eigenvalue weighted by Crippen LogP contribution is 2.38. The zero-order valence-electron chi connectivity index (χ0n) is 10.2. The second-order valence-corrected chi connectivity index (χ2v) is 5.05. The Morgan fingerprint density at radius 1 is 1.31 bits per heavy atom. The highest BCUT2D eigenvalue weighted by atomic mass is 16.3. The van der Waals surface area contributed by atoms with Gasteiger partial charge in [-0.05, 0) is 56.9 Å². The van der Waals surface area contributed by atoms with E-state index in [0.717, 1.165) is 24.9 Å². The van der Waals surface area contributed by atoms with Crippen LogP contribution in [0.15, 0.2) is 24.3 Å². The summed E-state index contributed by atoms with van der Waals surface area (Å²) in [6.07, 6.45) is 3.10. The van der Waals surface area contributed by atoms with Crippen molar-refractivity contribution in [2.45, 2.75) is 25.4 Å². The first-order chi connectivity index (χ1) is 7.68. The van der Waals surface area contributed by atoms with Gasteiger partial charge < -0.3 is 10.0 Å². The molecule has 0 saturated heterocycles. The molecule has 0 amide bonds. The predicted molar refractivity (Wildman–Crippen MR) is 66.4 cm³/mol. The van der Waals surface area contributed by atoms with Crippen molar-refractivity contribution < 1.29 is 5.11 Å². The van der Waals surface area contributed by atoms with Gasteiger partial charge in [0.25, 0.3) is 0 Å². The molecule has 2 atom stereocenters. The molecule has 2 rings (SSSR count). The Balaban J connectivity index is 1.92. The summed E-state index contributed by atoms with van der Waals surface area (Å²) in [7, 11) is 4.19. The van der Waals surface area contributed by atoms with E-state index in [4.69, 9.17) is 0 Å². The maximum absolute atomic E-state index is 10.2. The molecule has 1 aromatic carbocycles. The Hall–Kier alpha value is -0.860. The van der Waals surface area contributed by atoms with E-state index in [-0.39, 0.29) is 6.10 Å². The molecule has 2 nitrogen and oxygen atoms in total. The summed E-state index contributed by atoms with van der Waals surface area (Å²) in [6, 6.07) is 8.29. The SMILES string of the molecule is CN(C)CCCC1Cc2ccccc2C1O. The Bertz CT molecular complexity index is 348. The van der Waals surface area contributed by atoms with Crippen LogP contribution in [0.2, 0.25) is 0 Å². The van der Waals surface area contributed by atoms with Gasteiger partial charge in [0.1, 0.15) is 0 Å². The maximum atomic E-state index is 10.2. The van der Waals surface area contributed by atoms with Crippen molar-refractivity contribution in [3.63, 3.8) is 0 Å². The van der Waals surface area contributed by atoms with Gasteiger partial charge in [-0.3, -0.25) is 0 Å². The highest BCUT2D eigenvalue weighted by molar-refractivity contribution is 5.34. The molecular weight excluding hydrogens is 198 g/mol. The average molecular weight is 219 g/mol. The Labute approximate surface area is 97.9 Å².